The van der Waals surface area contributed by atoms with Crippen LogP contribution in [0.5, 0.6) is 0 Å². The quantitative estimate of drug-likeness (QED) is 0.602. The van der Waals surface area contributed by atoms with Crippen LogP contribution in [0.2, 0.25) is 0 Å². The Morgan fingerprint density at radius 2 is 2.00 bits per heavy atom. The smallest absolute Gasteiger partial charge is 0.251 e. The van der Waals surface area contributed by atoms with Gasteiger partial charge >= 0.3 is 0 Å². The zero-order valence-electron chi connectivity index (χ0n) is 13.4. The number of carbonyl (C=O) groups excluding carboxylic acids is 1. The van der Waals surface area contributed by atoms with Crippen LogP contribution in [-0.2, 0) is 6.54 Å². The lowest BCUT2D eigenvalue weighted by Gasteiger charge is -2.10. The minimum Gasteiger partial charge on any atom is -0.361 e. The molecule has 0 atom stereocenters. The summed E-state index contributed by atoms with van der Waals surface area (Å²) in [7, 11) is 0. The van der Waals surface area contributed by atoms with Crippen molar-refractivity contribution >= 4 is 16.8 Å². The topological polar surface area (TPSA) is 70.7 Å². The Morgan fingerprint density at radius 3 is 2.88 bits per heavy atom. The molecule has 3 aromatic heterocycles. The number of H-pyrrole nitrogens is 1. The number of hydrogen-bond donors (Lipinski definition) is 2. The predicted octanol–water partition coefficient (Wildman–Crippen LogP) is 3.55. The summed E-state index contributed by atoms with van der Waals surface area (Å²) in [6.45, 7) is 0.405. The maximum absolute atomic E-state index is 12.5. The van der Waals surface area contributed by atoms with E-state index in [2.05, 4.69) is 20.3 Å². The predicted molar refractivity (Wildman–Crippen MR) is 96.9 cm³/mol. The molecule has 0 saturated heterocycles. The highest BCUT2D eigenvalue weighted by atomic mass is 16.1. The third-order valence-corrected chi connectivity index (χ3v) is 4.08. The van der Waals surface area contributed by atoms with Gasteiger partial charge in [0.15, 0.2) is 0 Å². The molecule has 0 bridgehead atoms. The molecule has 122 valence electrons. The van der Waals surface area contributed by atoms with E-state index in [1.807, 2.05) is 54.7 Å². The van der Waals surface area contributed by atoms with Crippen LogP contribution >= 0.6 is 0 Å². The highest BCUT2D eigenvalue weighted by molar-refractivity contribution is 5.98. The van der Waals surface area contributed by atoms with E-state index in [1.54, 1.807) is 18.6 Å². The molecule has 0 spiro atoms. The van der Waals surface area contributed by atoms with Crippen molar-refractivity contribution in [2.75, 3.05) is 0 Å². The third-order valence-electron chi connectivity index (χ3n) is 4.08. The Bertz CT molecular complexity index is 1020. The normalized spacial score (nSPS) is 10.7. The van der Waals surface area contributed by atoms with Crippen molar-refractivity contribution in [3.8, 4) is 11.3 Å². The monoisotopic (exact) mass is 328 g/mol. The largest absolute Gasteiger partial charge is 0.361 e. The van der Waals surface area contributed by atoms with Crippen LogP contribution < -0.4 is 5.32 Å². The van der Waals surface area contributed by atoms with E-state index in [9.17, 15) is 4.79 Å². The molecular weight excluding hydrogens is 312 g/mol. The number of aromatic amines is 1. The molecule has 0 fully saturated rings. The second kappa shape index (κ2) is 6.57. The van der Waals surface area contributed by atoms with Gasteiger partial charge in [0.2, 0.25) is 0 Å². The van der Waals surface area contributed by atoms with Gasteiger partial charge in [0.05, 0.1) is 5.69 Å². The summed E-state index contributed by atoms with van der Waals surface area (Å²) in [6, 6.07) is 15.2. The number of nitrogens with one attached hydrogen (secondary N) is 2. The zero-order chi connectivity index (χ0) is 17.1. The molecule has 4 rings (SSSR count). The van der Waals surface area contributed by atoms with E-state index in [-0.39, 0.29) is 5.91 Å². The number of hydrogen-bond acceptors (Lipinski definition) is 3. The van der Waals surface area contributed by atoms with Gasteiger partial charge in [-0.25, -0.2) is 0 Å². The summed E-state index contributed by atoms with van der Waals surface area (Å²) >= 11 is 0. The average Bonchev–Trinajstić information content (AvgIpc) is 3.15. The van der Waals surface area contributed by atoms with Gasteiger partial charge in [-0.2, -0.15) is 0 Å². The summed E-state index contributed by atoms with van der Waals surface area (Å²) in [4.78, 5) is 24.2. The number of carbonyl (C=O) groups is 1. The van der Waals surface area contributed by atoms with Gasteiger partial charge in [-0.15, -0.1) is 0 Å². The Balaban J connectivity index is 1.54. The number of rotatable bonds is 4. The third kappa shape index (κ3) is 3.12. The first-order chi connectivity index (χ1) is 12.3. The number of pyridine rings is 2. The fourth-order valence-electron chi connectivity index (χ4n) is 2.82. The van der Waals surface area contributed by atoms with Crippen molar-refractivity contribution < 1.29 is 4.79 Å². The molecule has 4 aromatic rings. The van der Waals surface area contributed by atoms with Gasteiger partial charge in [-0.05, 0) is 48.0 Å². The SMILES string of the molecule is O=C(NCc1cccnc1-c1cccnc1)c1ccc2[nH]ccc2c1. The van der Waals surface area contributed by atoms with Crippen LogP contribution in [-0.4, -0.2) is 20.9 Å². The molecule has 25 heavy (non-hydrogen) atoms. The molecule has 0 saturated carbocycles. The van der Waals surface area contributed by atoms with Crippen LogP contribution in [0.4, 0.5) is 0 Å². The molecule has 0 aliphatic heterocycles. The summed E-state index contributed by atoms with van der Waals surface area (Å²) < 4.78 is 0. The second-order valence-corrected chi connectivity index (χ2v) is 5.72. The van der Waals surface area contributed by atoms with Gasteiger partial charge in [0.25, 0.3) is 5.91 Å². The van der Waals surface area contributed by atoms with E-state index in [4.69, 9.17) is 0 Å². The van der Waals surface area contributed by atoms with Gasteiger partial charge in [0, 0.05) is 53.4 Å². The number of fused-ring (bicyclic) bond motifs is 1. The maximum Gasteiger partial charge on any atom is 0.251 e. The first kappa shape index (κ1) is 15.1. The van der Waals surface area contributed by atoms with Crippen molar-refractivity contribution in [3.05, 3.63) is 84.4 Å². The van der Waals surface area contributed by atoms with Crippen molar-refractivity contribution in [2.24, 2.45) is 0 Å². The summed E-state index contributed by atoms with van der Waals surface area (Å²) in [5.74, 6) is -0.107. The first-order valence-electron chi connectivity index (χ1n) is 8.01. The van der Waals surface area contributed by atoms with Crippen LogP contribution in [0.15, 0.2) is 73.3 Å². The molecule has 2 N–H and O–H groups in total. The maximum atomic E-state index is 12.5. The van der Waals surface area contributed by atoms with E-state index >= 15 is 0 Å². The first-order valence-corrected chi connectivity index (χ1v) is 8.01. The molecule has 5 heteroatoms. The fourth-order valence-corrected chi connectivity index (χ4v) is 2.82. The number of nitrogens with zero attached hydrogens (tertiary/aromatic N) is 2. The Kier molecular flexibility index (Phi) is 3.96. The molecular formula is C20H16N4O. The Hall–Kier alpha value is -3.47. The van der Waals surface area contributed by atoms with Crippen LogP contribution in [0.25, 0.3) is 22.2 Å². The lowest BCUT2D eigenvalue weighted by atomic mass is 10.1. The van der Waals surface area contributed by atoms with E-state index in [0.29, 0.717) is 12.1 Å². The number of benzene rings is 1. The molecule has 3 heterocycles. The minimum atomic E-state index is -0.107. The molecule has 1 amide bonds. The van der Waals surface area contributed by atoms with Crippen molar-refractivity contribution in [3.63, 3.8) is 0 Å². The number of amides is 1. The van der Waals surface area contributed by atoms with Crippen LogP contribution in [0.3, 0.4) is 0 Å². The molecule has 0 unspecified atom stereocenters. The zero-order valence-corrected chi connectivity index (χ0v) is 13.4. The van der Waals surface area contributed by atoms with E-state index < -0.39 is 0 Å². The summed E-state index contributed by atoms with van der Waals surface area (Å²) in [5.41, 5.74) is 4.37. The molecule has 5 nitrogen and oxygen atoms in total. The van der Waals surface area contributed by atoms with E-state index in [0.717, 1.165) is 27.7 Å². The highest BCUT2D eigenvalue weighted by Gasteiger charge is 2.10. The fraction of sp³-hybridized carbons (Fsp3) is 0.0500. The molecule has 0 radical (unpaired) electrons. The Morgan fingerprint density at radius 1 is 1.08 bits per heavy atom. The molecule has 0 aliphatic rings. The lowest BCUT2D eigenvalue weighted by Crippen LogP contribution is -2.23. The minimum absolute atomic E-state index is 0.107. The average molecular weight is 328 g/mol. The van der Waals surface area contributed by atoms with Crippen LogP contribution in [0, 0.1) is 0 Å². The molecule has 1 aromatic carbocycles. The Labute approximate surface area is 144 Å². The number of aromatic nitrogens is 3. The summed E-state index contributed by atoms with van der Waals surface area (Å²) in [5, 5.41) is 3.99. The second-order valence-electron chi connectivity index (χ2n) is 5.72. The van der Waals surface area contributed by atoms with E-state index in [1.165, 1.54) is 0 Å². The standard InChI is InChI=1S/C20H16N4O/c25-20(15-5-6-18-14(11-15)7-10-22-18)24-13-17-4-2-9-23-19(17)16-3-1-8-21-12-16/h1-12,22H,13H2,(H,24,25). The van der Waals surface area contributed by atoms with Crippen LogP contribution in [0.1, 0.15) is 15.9 Å². The van der Waals surface area contributed by atoms with Gasteiger partial charge in [-0.3, -0.25) is 14.8 Å². The highest BCUT2D eigenvalue weighted by Crippen LogP contribution is 2.20. The molecule has 0 aliphatic carbocycles. The van der Waals surface area contributed by atoms with Crippen molar-refractivity contribution in [2.45, 2.75) is 6.54 Å². The van der Waals surface area contributed by atoms with Crippen molar-refractivity contribution in [1.29, 1.82) is 0 Å². The van der Waals surface area contributed by atoms with Gasteiger partial charge in [0.1, 0.15) is 0 Å². The van der Waals surface area contributed by atoms with Gasteiger partial charge < -0.3 is 10.3 Å². The van der Waals surface area contributed by atoms with Crippen molar-refractivity contribution in [1.82, 2.24) is 20.3 Å². The van der Waals surface area contributed by atoms with Gasteiger partial charge in [-0.1, -0.05) is 6.07 Å². The summed E-state index contributed by atoms with van der Waals surface area (Å²) in [6.07, 6.45) is 7.11. The lowest BCUT2D eigenvalue weighted by molar-refractivity contribution is 0.0951.